The average Bonchev–Trinajstić information content (AvgIpc) is 2.62. The molecule has 0 spiro atoms. The molecule has 0 amide bonds. The van der Waals surface area contributed by atoms with Gasteiger partial charge < -0.3 is 14.8 Å². The van der Waals surface area contributed by atoms with Crippen LogP contribution in [0.1, 0.15) is 12.5 Å². The van der Waals surface area contributed by atoms with Crippen LogP contribution < -0.4 is 14.8 Å². The topological polar surface area (TPSA) is 33.7 Å². The molecule has 1 saturated heterocycles. The molecular formula is C20H26N2O2. The van der Waals surface area contributed by atoms with E-state index < -0.39 is 0 Å². The number of piperazine rings is 1. The molecule has 0 unspecified atom stereocenters. The summed E-state index contributed by atoms with van der Waals surface area (Å²) in [7, 11) is 3.38. The molecule has 4 heteroatoms. The normalized spacial score (nSPS) is 18.4. The summed E-state index contributed by atoms with van der Waals surface area (Å²) in [6.07, 6.45) is 0. The Morgan fingerprint density at radius 2 is 1.79 bits per heavy atom. The smallest absolute Gasteiger partial charge is 0.161 e. The molecule has 2 aromatic rings. The summed E-state index contributed by atoms with van der Waals surface area (Å²) in [6.45, 7) is 6.31. The lowest BCUT2D eigenvalue weighted by molar-refractivity contribution is 0.199. The van der Waals surface area contributed by atoms with Gasteiger partial charge in [-0.2, -0.15) is 0 Å². The number of nitrogens with one attached hydrogen (secondary N) is 1. The molecule has 1 N–H and O–H groups in total. The summed E-state index contributed by atoms with van der Waals surface area (Å²) in [4.78, 5) is 2.49. The highest BCUT2D eigenvalue weighted by atomic mass is 16.5. The van der Waals surface area contributed by atoms with E-state index >= 15 is 0 Å². The molecule has 24 heavy (non-hydrogen) atoms. The first kappa shape index (κ1) is 16.8. The molecule has 1 atom stereocenters. The highest BCUT2D eigenvalue weighted by molar-refractivity contribution is 5.71. The van der Waals surface area contributed by atoms with Crippen LogP contribution in [-0.2, 0) is 6.54 Å². The molecule has 4 nitrogen and oxygen atoms in total. The second-order valence-corrected chi connectivity index (χ2v) is 6.32. The van der Waals surface area contributed by atoms with Gasteiger partial charge in [0, 0.05) is 32.2 Å². The Balaban J connectivity index is 1.98. The number of hydrogen-bond donors (Lipinski definition) is 1. The Morgan fingerprint density at radius 1 is 1.08 bits per heavy atom. The van der Waals surface area contributed by atoms with Crippen molar-refractivity contribution >= 4 is 0 Å². The molecule has 1 fully saturated rings. The fourth-order valence-corrected chi connectivity index (χ4v) is 3.34. The maximum atomic E-state index is 5.52. The first-order valence-electron chi connectivity index (χ1n) is 8.47. The second kappa shape index (κ2) is 7.69. The molecule has 0 aromatic heterocycles. The van der Waals surface area contributed by atoms with Crippen molar-refractivity contribution in [2.45, 2.75) is 19.5 Å². The van der Waals surface area contributed by atoms with Crippen LogP contribution in [0.2, 0.25) is 0 Å². The summed E-state index contributed by atoms with van der Waals surface area (Å²) in [5.74, 6) is 1.56. The Morgan fingerprint density at radius 3 is 2.46 bits per heavy atom. The van der Waals surface area contributed by atoms with Crippen LogP contribution in [0, 0.1) is 0 Å². The minimum atomic E-state index is 0.527. The van der Waals surface area contributed by atoms with Gasteiger partial charge in [-0.25, -0.2) is 0 Å². The number of methoxy groups -OCH3 is 2. The summed E-state index contributed by atoms with van der Waals surface area (Å²) >= 11 is 0. The predicted octanol–water partition coefficient (Wildman–Crippen LogP) is 3.16. The van der Waals surface area contributed by atoms with E-state index in [9.17, 15) is 0 Å². The Hall–Kier alpha value is -2.04. The van der Waals surface area contributed by atoms with E-state index in [4.69, 9.17) is 9.47 Å². The van der Waals surface area contributed by atoms with E-state index in [2.05, 4.69) is 53.5 Å². The molecule has 0 saturated carbocycles. The molecule has 2 aromatic carbocycles. The maximum Gasteiger partial charge on any atom is 0.161 e. The number of ether oxygens (including phenoxy) is 2. The second-order valence-electron chi connectivity index (χ2n) is 6.32. The van der Waals surface area contributed by atoms with Crippen LogP contribution in [0.5, 0.6) is 11.5 Å². The Kier molecular flexibility index (Phi) is 5.38. The van der Waals surface area contributed by atoms with Crippen molar-refractivity contribution in [1.29, 1.82) is 0 Å². The van der Waals surface area contributed by atoms with Crippen LogP contribution in [0.15, 0.2) is 42.5 Å². The first-order chi connectivity index (χ1) is 11.7. The molecule has 0 radical (unpaired) electrons. The van der Waals surface area contributed by atoms with E-state index in [0.717, 1.165) is 37.7 Å². The van der Waals surface area contributed by atoms with Crippen molar-refractivity contribution in [3.8, 4) is 22.6 Å². The van der Waals surface area contributed by atoms with Gasteiger partial charge in [-0.1, -0.05) is 30.3 Å². The van der Waals surface area contributed by atoms with Crippen LogP contribution in [0.4, 0.5) is 0 Å². The number of rotatable bonds is 5. The first-order valence-corrected chi connectivity index (χ1v) is 8.47. The van der Waals surface area contributed by atoms with E-state index in [-0.39, 0.29) is 0 Å². The number of nitrogens with zero attached hydrogens (tertiary/aromatic N) is 1. The molecule has 128 valence electrons. The lowest BCUT2D eigenvalue weighted by atomic mass is 9.98. The van der Waals surface area contributed by atoms with Gasteiger partial charge in [0.2, 0.25) is 0 Å². The molecule has 3 rings (SSSR count). The molecule has 0 aliphatic carbocycles. The zero-order chi connectivity index (χ0) is 16.9. The standard InChI is InChI=1S/C20H26N2O2/c1-15-13-22(10-9-21-15)14-17-11-19(23-2)20(24-3)12-18(17)16-7-5-4-6-8-16/h4-8,11-12,15,21H,9-10,13-14H2,1-3H3/t15-/m0/s1. The van der Waals surface area contributed by atoms with Gasteiger partial charge in [-0.3, -0.25) is 4.90 Å². The summed E-state index contributed by atoms with van der Waals surface area (Å²) < 4.78 is 11.0. The highest BCUT2D eigenvalue weighted by Gasteiger charge is 2.19. The quantitative estimate of drug-likeness (QED) is 0.915. The van der Waals surface area contributed by atoms with Crippen molar-refractivity contribution in [2.24, 2.45) is 0 Å². The van der Waals surface area contributed by atoms with E-state index in [1.165, 1.54) is 16.7 Å². The maximum absolute atomic E-state index is 5.52. The third kappa shape index (κ3) is 3.71. The fourth-order valence-electron chi connectivity index (χ4n) is 3.34. The minimum Gasteiger partial charge on any atom is -0.493 e. The Bertz CT molecular complexity index is 673. The molecule has 0 bridgehead atoms. The van der Waals surface area contributed by atoms with Crippen molar-refractivity contribution in [1.82, 2.24) is 10.2 Å². The van der Waals surface area contributed by atoms with Crippen molar-refractivity contribution in [2.75, 3.05) is 33.9 Å². The van der Waals surface area contributed by atoms with Crippen molar-refractivity contribution in [3.63, 3.8) is 0 Å². The zero-order valence-electron chi connectivity index (χ0n) is 14.7. The summed E-state index contributed by atoms with van der Waals surface area (Å²) in [5.41, 5.74) is 3.68. The third-order valence-electron chi connectivity index (χ3n) is 4.54. The molecule has 1 heterocycles. The van der Waals surface area contributed by atoms with E-state index in [0.29, 0.717) is 6.04 Å². The lowest BCUT2D eigenvalue weighted by Gasteiger charge is -2.32. The fraction of sp³-hybridized carbons (Fsp3) is 0.400. The molecule has 1 aliphatic rings. The largest absolute Gasteiger partial charge is 0.493 e. The monoisotopic (exact) mass is 326 g/mol. The van der Waals surface area contributed by atoms with Crippen LogP contribution in [-0.4, -0.2) is 44.8 Å². The van der Waals surface area contributed by atoms with Crippen molar-refractivity contribution in [3.05, 3.63) is 48.0 Å². The molecule has 1 aliphatic heterocycles. The average molecular weight is 326 g/mol. The highest BCUT2D eigenvalue weighted by Crippen LogP contribution is 2.36. The van der Waals surface area contributed by atoms with Gasteiger partial charge in [0.1, 0.15) is 0 Å². The number of benzene rings is 2. The van der Waals surface area contributed by atoms with Gasteiger partial charge >= 0.3 is 0 Å². The number of hydrogen-bond acceptors (Lipinski definition) is 4. The van der Waals surface area contributed by atoms with Gasteiger partial charge in [-0.15, -0.1) is 0 Å². The SMILES string of the molecule is COc1cc(CN2CCN[C@@H](C)C2)c(-c2ccccc2)cc1OC. The Labute approximate surface area is 144 Å². The minimum absolute atomic E-state index is 0.527. The third-order valence-corrected chi connectivity index (χ3v) is 4.54. The van der Waals surface area contributed by atoms with Crippen molar-refractivity contribution < 1.29 is 9.47 Å². The van der Waals surface area contributed by atoms with Crippen LogP contribution in [0.25, 0.3) is 11.1 Å². The lowest BCUT2D eigenvalue weighted by Crippen LogP contribution is -2.48. The van der Waals surface area contributed by atoms with E-state index in [1.807, 2.05) is 6.07 Å². The van der Waals surface area contributed by atoms with Gasteiger partial charge in [0.15, 0.2) is 11.5 Å². The molecular weight excluding hydrogens is 300 g/mol. The van der Waals surface area contributed by atoms with Crippen LogP contribution in [0.3, 0.4) is 0 Å². The van der Waals surface area contributed by atoms with Gasteiger partial charge in [0.05, 0.1) is 14.2 Å². The summed E-state index contributed by atoms with van der Waals surface area (Å²) in [6, 6.07) is 15.2. The zero-order valence-corrected chi connectivity index (χ0v) is 14.7. The predicted molar refractivity (Wildman–Crippen MR) is 97.7 cm³/mol. The van der Waals surface area contributed by atoms with E-state index in [1.54, 1.807) is 14.2 Å². The van der Waals surface area contributed by atoms with Gasteiger partial charge in [0.25, 0.3) is 0 Å². The van der Waals surface area contributed by atoms with Gasteiger partial charge in [-0.05, 0) is 35.7 Å². The summed E-state index contributed by atoms with van der Waals surface area (Å²) in [5, 5.41) is 3.50. The van der Waals surface area contributed by atoms with Crippen LogP contribution >= 0.6 is 0 Å².